The van der Waals surface area contributed by atoms with Crippen LogP contribution in [0.1, 0.15) is 34.8 Å². The molecule has 0 aliphatic carbocycles. The highest BCUT2D eigenvalue weighted by Gasteiger charge is 2.27. The van der Waals surface area contributed by atoms with Crippen molar-refractivity contribution in [1.29, 1.82) is 5.26 Å². The minimum Gasteiger partial charge on any atom is -0.478 e. The van der Waals surface area contributed by atoms with Crippen molar-refractivity contribution in [2.45, 2.75) is 18.9 Å². The van der Waals surface area contributed by atoms with E-state index in [1.165, 1.54) is 0 Å². The molecule has 1 aliphatic heterocycles. The molecule has 1 heterocycles. The van der Waals surface area contributed by atoms with Crippen LogP contribution in [0, 0.1) is 11.3 Å². The summed E-state index contributed by atoms with van der Waals surface area (Å²) in [5.41, 5.74) is 3.78. The molecule has 3 aromatic carbocycles. The standard InChI is InChI=1S/C30H30Cl2N4O3/c1-34(29(37)20-36(17-14-33)25-12-13-26(31)27(32)18-25)28(19-35-15-2-3-16-35)23-8-4-21(5-9-23)22-6-10-24(11-7-22)30(38)39/h4-13,18,28H,2-3,15-17,19-20H2,1H3,(H,38,39). The van der Waals surface area contributed by atoms with Crippen LogP contribution in [0.15, 0.2) is 66.7 Å². The van der Waals surface area contributed by atoms with Crippen LogP contribution in [0.5, 0.6) is 0 Å². The molecule has 0 aromatic heterocycles. The zero-order chi connectivity index (χ0) is 27.9. The van der Waals surface area contributed by atoms with E-state index < -0.39 is 5.97 Å². The Hall–Kier alpha value is -3.57. The molecule has 1 N–H and O–H groups in total. The maximum atomic E-state index is 13.6. The number of benzene rings is 3. The second kappa shape index (κ2) is 13.0. The first-order valence-electron chi connectivity index (χ1n) is 12.8. The molecular weight excluding hydrogens is 535 g/mol. The highest BCUT2D eigenvalue weighted by Crippen LogP contribution is 2.29. The predicted molar refractivity (Wildman–Crippen MR) is 154 cm³/mol. The minimum atomic E-state index is -0.957. The highest BCUT2D eigenvalue weighted by molar-refractivity contribution is 6.42. The fraction of sp³-hybridized carbons (Fsp3) is 0.300. The average Bonchev–Trinajstić information content (AvgIpc) is 3.46. The number of nitriles is 1. The first-order valence-corrected chi connectivity index (χ1v) is 13.5. The Kier molecular flexibility index (Phi) is 9.47. The van der Waals surface area contributed by atoms with Gasteiger partial charge in [-0.25, -0.2) is 4.79 Å². The van der Waals surface area contributed by atoms with Crippen LogP contribution in [0.3, 0.4) is 0 Å². The smallest absolute Gasteiger partial charge is 0.335 e. The fourth-order valence-electron chi connectivity index (χ4n) is 4.82. The summed E-state index contributed by atoms with van der Waals surface area (Å²) >= 11 is 12.3. The van der Waals surface area contributed by atoms with E-state index in [4.69, 9.17) is 28.3 Å². The molecule has 4 rings (SSSR count). The van der Waals surface area contributed by atoms with Gasteiger partial charge in [-0.15, -0.1) is 0 Å². The van der Waals surface area contributed by atoms with Gasteiger partial charge in [-0.3, -0.25) is 4.79 Å². The van der Waals surface area contributed by atoms with Crippen molar-refractivity contribution in [3.05, 3.63) is 87.9 Å². The average molecular weight is 566 g/mol. The number of carbonyl (C=O) groups excluding carboxylic acids is 1. The Balaban J connectivity index is 1.55. The number of hydrogen-bond acceptors (Lipinski definition) is 5. The zero-order valence-electron chi connectivity index (χ0n) is 21.7. The van der Waals surface area contributed by atoms with Gasteiger partial charge in [0.1, 0.15) is 6.54 Å². The molecule has 1 fully saturated rings. The third-order valence-electron chi connectivity index (χ3n) is 7.11. The van der Waals surface area contributed by atoms with Crippen LogP contribution < -0.4 is 4.90 Å². The molecule has 1 atom stereocenters. The van der Waals surface area contributed by atoms with E-state index in [1.54, 1.807) is 59.3 Å². The van der Waals surface area contributed by atoms with Crippen molar-refractivity contribution in [1.82, 2.24) is 9.80 Å². The number of likely N-dealkylation sites (tertiary alicyclic amines) is 1. The molecule has 0 saturated carbocycles. The first-order chi connectivity index (χ1) is 18.8. The summed E-state index contributed by atoms with van der Waals surface area (Å²) in [7, 11) is 1.81. The van der Waals surface area contributed by atoms with E-state index in [9.17, 15) is 14.9 Å². The van der Waals surface area contributed by atoms with Crippen molar-refractivity contribution in [2.24, 2.45) is 0 Å². The largest absolute Gasteiger partial charge is 0.478 e. The third-order valence-corrected chi connectivity index (χ3v) is 7.85. The van der Waals surface area contributed by atoms with Crippen LogP contribution in [0.2, 0.25) is 10.0 Å². The Morgan fingerprint density at radius 1 is 0.974 bits per heavy atom. The lowest BCUT2D eigenvalue weighted by atomic mass is 9.99. The number of aromatic carboxylic acids is 1. The normalized spacial score (nSPS) is 14.0. The molecule has 202 valence electrons. The van der Waals surface area contributed by atoms with Gasteiger partial charge < -0.3 is 19.8 Å². The molecule has 7 nitrogen and oxygen atoms in total. The molecule has 1 saturated heterocycles. The van der Waals surface area contributed by atoms with Gasteiger partial charge >= 0.3 is 5.97 Å². The van der Waals surface area contributed by atoms with Crippen molar-refractivity contribution < 1.29 is 14.7 Å². The third kappa shape index (κ3) is 7.10. The Bertz CT molecular complexity index is 1350. The van der Waals surface area contributed by atoms with Crippen molar-refractivity contribution in [2.75, 3.05) is 44.7 Å². The number of nitrogens with zero attached hydrogens (tertiary/aromatic N) is 4. The number of carboxylic acid groups (broad SMARTS) is 1. The predicted octanol–water partition coefficient (Wildman–Crippen LogP) is 5.98. The molecule has 1 unspecified atom stereocenters. The molecule has 3 aromatic rings. The molecule has 0 bridgehead atoms. The van der Waals surface area contributed by atoms with Gasteiger partial charge in [-0.05, 0) is 73.0 Å². The summed E-state index contributed by atoms with van der Waals surface area (Å²) in [6, 6.07) is 21.8. The molecule has 1 aliphatic rings. The second-order valence-corrected chi connectivity index (χ2v) is 10.5. The Labute approximate surface area is 238 Å². The summed E-state index contributed by atoms with van der Waals surface area (Å²) < 4.78 is 0. The van der Waals surface area contributed by atoms with E-state index in [-0.39, 0.29) is 30.6 Å². The summed E-state index contributed by atoms with van der Waals surface area (Å²) in [6.45, 7) is 2.75. The second-order valence-electron chi connectivity index (χ2n) is 9.65. The SMILES string of the molecule is CN(C(=O)CN(CC#N)c1ccc(Cl)c(Cl)c1)C(CN1CCCC1)c1ccc(-c2ccc(C(=O)O)cc2)cc1. The minimum absolute atomic E-state index is 0.0204. The number of likely N-dealkylation sites (N-methyl/N-ethyl adjacent to an activating group) is 1. The maximum absolute atomic E-state index is 13.6. The van der Waals surface area contributed by atoms with Crippen LogP contribution in [0.25, 0.3) is 11.1 Å². The quantitative estimate of drug-likeness (QED) is 0.304. The van der Waals surface area contributed by atoms with Gasteiger partial charge in [-0.1, -0.05) is 59.6 Å². The van der Waals surface area contributed by atoms with Crippen molar-refractivity contribution in [3.8, 4) is 17.2 Å². The molecule has 0 spiro atoms. The van der Waals surface area contributed by atoms with Gasteiger partial charge in [0, 0.05) is 19.3 Å². The molecule has 0 radical (unpaired) electrons. The van der Waals surface area contributed by atoms with Crippen LogP contribution >= 0.6 is 23.2 Å². The highest BCUT2D eigenvalue weighted by atomic mass is 35.5. The van der Waals surface area contributed by atoms with Crippen LogP contribution in [-0.2, 0) is 4.79 Å². The van der Waals surface area contributed by atoms with Crippen molar-refractivity contribution >= 4 is 40.8 Å². The van der Waals surface area contributed by atoms with E-state index in [0.717, 1.165) is 42.6 Å². The lowest BCUT2D eigenvalue weighted by Crippen LogP contribution is -2.43. The number of amides is 1. The number of halogens is 2. The van der Waals surface area contributed by atoms with Gasteiger partial charge in [0.2, 0.25) is 5.91 Å². The van der Waals surface area contributed by atoms with Crippen LogP contribution in [0.4, 0.5) is 5.69 Å². The molecule has 39 heavy (non-hydrogen) atoms. The number of anilines is 1. The summed E-state index contributed by atoms with van der Waals surface area (Å²) in [5.74, 6) is -1.07. The van der Waals surface area contributed by atoms with E-state index in [1.807, 2.05) is 24.3 Å². The van der Waals surface area contributed by atoms with Gasteiger partial charge in [-0.2, -0.15) is 5.26 Å². The van der Waals surface area contributed by atoms with Crippen LogP contribution in [-0.4, -0.2) is 66.6 Å². The van der Waals surface area contributed by atoms with E-state index in [0.29, 0.717) is 22.3 Å². The van der Waals surface area contributed by atoms with E-state index in [2.05, 4.69) is 11.0 Å². The number of carboxylic acids is 1. The van der Waals surface area contributed by atoms with Gasteiger partial charge in [0.05, 0.1) is 34.3 Å². The molecule has 1 amide bonds. The van der Waals surface area contributed by atoms with Crippen molar-refractivity contribution in [3.63, 3.8) is 0 Å². The lowest BCUT2D eigenvalue weighted by molar-refractivity contribution is -0.131. The van der Waals surface area contributed by atoms with E-state index >= 15 is 0 Å². The first kappa shape index (κ1) is 28.4. The zero-order valence-corrected chi connectivity index (χ0v) is 23.2. The fourth-order valence-corrected chi connectivity index (χ4v) is 5.11. The number of rotatable bonds is 10. The molecule has 9 heteroatoms. The topological polar surface area (TPSA) is 87.9 Å². The molecular formula is C30H30Cl2N4O3. The maximum Gasteiger partial charge on any atom is 0.335 e. The lowest BCUT2D eigenvalue weighted by Gasteiger charge is -2.34. The Morgan fingerprint density at radius 2 is 1.59 bits per heavy atom. The summed E-state index contributed by atoms with van der Waals surface area (Å²) in [5, 5.41) is 19.3. The summed E-state index contributed by atoms with van der Waals surface area (Å²) in [6.07, 6.45) is 2.28. The van der Waals surface area contributed by atoms with Gasteiger partial charge in [0.25, 0.3) is 0 Å². The monoisotopic (exact) mass is 564 g/mol. The number of hydrogen-bond donors (Lipinski definition) is 1. The summed E-state index contributed by atoms with van der Waals surface area (Å²) in [4.78, 5) is 30.6. The van der Waals surface area contributed by atoms with Gasteiger partial charge in [0.15, 0.2) is 0 Å². The number of carbonyl (C=O) groups is 2. The Morgan fingerprint density at radius 3 is 2.15 bits per heavy atom.